The van der Waals surface area contributed by atoms with Crippen molar-refractivity contribution < 1.29 is 18.7 Å². The average molecular weight is 345 g/mol. The zero-order chi connectivity index (χ0) is 17.3. The van der Waals surface area contributed by atoms with E-state index in [-0.39, 0.29) is 12.0 Å². The first-order chi connectivity index (χ1) is 12.1. The number of ether oxygens (including phenoxy) is 2. The molecule has 1 fully saturated rings. The molecule has 0 atom stereocenters. The second-order valence-corrected chi connectivity index (χ2v) is 6.15. The predicted molar refractivity (Wildman–Crippen MR) is 88.3 cm³/mol. The first-order valence-corrected chi connectivity index (χ1v) is 8.27. The molecule has 1 aromatic heterocycles. The summed E-state index contributed by atoms with van der Waals surface area (Å²) in [6, 6.07) is 5.07. The largest absolute Gasteiger partial charge is 0.448 e. The van der Waals surface area contributed by atoms with E-state index in [1.54, 1.807) is 12.1 Å². The number of hydrogen-bond acceptors (Lipinski definition) is 7. The van der Waals surface area contributed by atoms with E-state index in [0.717, 1.165) is 31.4 Å². The van der Waals surface area contributed by atoms with Gasteiger partial charge < -0.3 is 30.3 Å². The Morgan fingerprint density at radius 2 is 2.00 bits per heavy atom. The normalized spacial score (nSPS) is 17.0. The number of amides is 2. The highest BCUT2D eigenvalue weighted by atomic mass is 16.7. The molecule has 2 aromatic rings. The van der Waals surface area contributed by atoms with E-state index < -0.39 is 5.79 Å². The molecule has 0 radical (unpaired) electrons. The van der Waals surface area contributed by atoms with Crippen LogP contribution in [-0.2, 0) is 6.42 Å². The maximum Gasteiger partial charge on any atom is 0.319 e. The van der Waals surface area contributed by atoms with Crippen molar-refractivity contribution in [2.45, 2.75) is 37.9 Å². The smallest absolute Gasteiger partial charge is 0.319 e. The Balaban J connectivity index is 1.30. The third-order valence-electron chi connectivity index (χ3n) is 4.27. The van der Waals surface area contributed by atoms with Gasteiger partial charge >= 0.3 is 12.0 Å². The highest BCUT2D eigenvalue weighted by Gasteiger charge is 2.44. The molecular formula is C16H19N5O4. The minimum Gasteiger partial charge on any atom is -0.448 e. The summed E-state index contributed by atoms with van der Waals surface area (Å²) >= 11 is 0. The molecule has 132 valence electrons. The number of benzene rings is 1. The fourth-order valence-corrected chi connectivity index (χ4v) is 3.12. The minimum absolute atomic E-state index is 0.0137. The van der Waals surface area contributed by atoms with Crippen LogP contribution in [0.2, 0.25) is 0 Å². The molecule has 1 aromatic carbocycles. The molecule has 1 aliphatic heterocycles. The lowest BCUT2D eigenvalue weighted by Gasteiger charge is -2.21. The lowest BCUT2D eigenvalue weighted by molar-refractivity contribution is -0.0716. The molecule has 4 rings (SSSR count). The van der Waals surface area contributed by atoms with Crippen molar-refractivity contribution in [1.29, 1.82) is 0 Å². The minimum atomic E-state index is -0.505. The van der Waals surface area contributed by atoms with Crippen LogP contribution in [0.3, 0.4) is 0 Å². The number of carbonyl (C=O) groups excluding carboxylic acids is 1. The van der Waals surface area contributed by atoms with Gasteiger partial charge in [0.15, 0.2) is 11.5 Å². The van der Waals surface area contributed by atoms with Crippen molar-refractivity contribution in [3.8, 4) is 11.5 Å². The Kier molecular flexibility index (Phi) is 3.83. The van der Waals surface area contributed by atoms with Crippen molar-refractivity contribution in [2.75, 3.05) is 17.6 Å². The molecule has 9 heteroatoms. The Labute approximate surface area is 143 Å². The van der Waals surface area contributed by atoms with Crippen LogP contribution in [0.4, 0.5) is 16.5 Å². The molecule has 2 aliphatic rings. The van der Waals surface area contributed by atoms with E-state index in [9.17, 15) is 4.79 Å². The Morgan fingerprint density at radius 3 is 2.76 bits per heavy atom. The number of nitrogens with zero attached hydrogens (tertiary/aromatic N) is 2. The number of nitrogens with two attached hydrogens (primary N) is 1. The maximum absolute atomic E-state index is 12.0. The SMILES string of the molecule is Nc1nnc(CCNC(=O)Nc2ccc3c(c2)OC2(CCCC2)O3)o1. The highest BCUT2D eigenvalue weighted by molar-refractivity contribution is 5.89. The lowest BCUT2D eigenvalue weighted by Crippen LogP contribution is -2.34. The molecule has 9 nitrogen and oxygen atoms in total. The molecule has 4 N–H and O–H groups in total. The summed E-state index contributed by atoms with van der Waals surface area (Å²) in [5.41, 5.74) is 5.97. The van der Waals surface area contributed by atoms with Gasteiger partial charge in [0, 0.05) is 37.6 Å². The van der Waals surface area contributed by atoms with Gasteiger partial charge in [0.2, 0.25) is 5.89 Å². The summed E-state index contributed by atoms with van der Waals surface area (Å²) < 4.78 is 17.0. The van der Waals surface area contributed by atoms with Gasteiger partial charge in [-0.25, -0.2) is 4.79 Å². The number of carbonyl (C=O) groups is 1. The fraction of sp³-hybridized carbons (Fsp3) is 0.438. The molecule has 0 unspecified atom stereocenters. The second kappa shape index (κ2) is 6.15. The Hall–Kier alpha value is -2.97. The summed E-state index contributed by atoms with van der Waals surface area (Å²) in [7, 11) is 0. The highest BCUT2D eigenvalue weighted by Crippen LogP contribution is 2.47. The number of rotatable bonds is 4. The zero-order valence-electron chi connectivity index (χ0n) is 13.6. The van der Waals surface area contributed by atoms with Crippen molar-refractivity contribution in [1.82, 2.24) is 15.5 Å². The predicted octanol–water partition coefficient (Wildman–Crippen LogP) is 2.06. The first-order valence-electron chi connectivity index (χ1n) is 8.27. The van der Waals surface area contributed by atoms with Crippen molar-refractivity contribution >= 4 is 17.7 Å². The summed E-state index contributed by atoms with van der Waals surface area (Å²) in [5, 5.41) is 12.8. The van der Waals surface area contributed by atoms with Crippen molar-refractivity contribution in [3.63, 3.8) is 0 Å². The van der Waals surface area contributed by atoms with E-state index in [1.165, 1.54) is 0 Å². The van der Waals surface area contributed by atoms with Gasteiger partial charge in [-0.15, -0.1) is 5.10 Å². The Morgan fingerprint density at radius 1 is 1.20 bits per heavy atom. The number of anilines is 2. The first kappa shape index (κ1) is 15.6. The van der Waals surface area contributed by atoms with Gasteiger partial charge in [0.1, 0.15) is 0 Å². The van der Waals surface area contributed by atoms with Gasteiger partial charge in [0.05, 0.1) is 0 Å². The number of hydrogen-bond donors (Lipinski definition) is 3. The van der Waals surface area contributed by atoms with Crippen LogP contribution < -0.4 is 25.8 Å². The second-order valence-electron chi connectivity index (χ2n) is 6.15. The van der Waals surface area contributed by atoms with E-state index in [4.69, 9.17) is 19.6 Å². The third kappa shape index (κ3) is 3.30. The third-order valence-corrected chi connectivity index (χ3v) is 4.27. The molecule has 2 heterocycles. The van der Waals surface area contributed by atoms with E-state index in [0.29, 0.717) is 30.3 Å². The van der Waals surface area contributed by atoms with Crippen LogP contribution in [0.15, 0.2) is 22.6 Å². The summed E-state index contributed by atoms with van der Waals surface area (Å²) in [6.07, 6.45) is 4.40. The quantitative estimate of drug-likeness (QED) is 0.774. The molecule has 2 amide bonds. The van der Waals surface area contributed by atoms with Crippen LogP contribution in [0.1, 0.15) is 31.6 Å². The standard InChI is InChI=1S/C16H19N5O4/c17-14-21-20-13(23-14)5-8-18-15(22)19-10-3-4-11-12(9-10)25-16(24-11)6-1-2-7-16/h3-4,9H,1-2,5-8H2,(H2,17,21)(H2,18,19,22). The van der Waals surface area contributed by atoms with Gasteiger partial charge in [0.25, 0.3) is 5.79 Å². The van der Waals surface area contributed by atoms with Gasteiger partial charge in [-0.05, 0) is 25.0 Å². The summed E-state index contributed by atoms with van der Waals surface area (Å²) in [5.74, 6) is 1.26. The molecule has 0 bridgehead atoms. The van der Waals surface area contributed by atoms with Gasteiger partial charge in [-0.3, -0.25) is 0 Å². The van der Waals surface area contributed by atoms with Crippen LogP contribution in [0, 0.1) is 0 Å². The molecule has 1 aliphatic carbocycles. The number of nitrogen functional groups attached to an aromatic ring is 1. The molecule has 1 spiro atoms. The molecule has 1 saturated carbocycles. The lowest BCUT2D eigenvalue weighted by atomic mass is 10.2. The van der Waals surface area contributed by atoms with Gasteiger partial charge in [-0.1, -0.05) is 5.10 Å². The van der Waals surface area contributed by atoms with Gasteiger partial charge in [-0.2, -0.15) is 0 Å². The summed E-state index contributed by atoms with van der Waals surface area (Å²) in [4.78, 5) is 12.0. The number of aromatic nitrogens is 2. The monoisotopic (exact) mass is 345 g/mol. The topological polar surface area (TPSA) is 125 Å². The molecule has 25 heavy (non-hydrogen) atoms. The zero-order valence-corrected chi connectivity index (χ0v) is 13.6. The number of urea groups is 1. The summed E-state index contributed by atoms with van der Waals surface area (Å²) in [6.45, 7) is 0.348. The van der Waals surface area contributed by atoms with Crippen molar-refractivity contribution in [2.24, 2.45) is 0 Å². The van der Waals surface area contributed by atoms with E-state index >= 15 is 0 Å². The maximum atomic E-state index is 12.0. The van der Waals surface area contributed by atoms with Crippen LogP contribution in [0.25, 0.3) is 0 Å². The van der Waals surface area contributed by atoms with E-state index in [1.807, 2.05) is 6.07 Å². The van der Waals surface area contributed by atoms with Crippen LogP contribution in [-0.4, -0.2) is 28.6 Å². The van der Waals surface area contributed by atoms with Crippen molar-refractivity contribution in [3.05, 3.63) is 24.1 Å². The molecular weight excluding hydrogens is 326 g/mol. The number of nitrogens with one attached hydrogen (secondary N) is 2. The number of fused-ring (bicyclic) bond motifs is 1. The molecule has 0 saturated heterocycles. The average Bonchev–Trinajstić information content (AvgIpc) is 3.28. The van der Waals surface area contributed by atoms with Crippen LogP contribution in [0.5, 0.6) is 11.5 Å². The Bertz CT molecular complexity index is 785. The van der Waals surface area contributed by atoms with Crippen LogP contribution >= 0.6 is 0 Å². The van der Waals surface area contributed by atoms with E-state index in [2.05, 4.69) is 20.8 Å². The fourth-order valence-electron chi connectivity index (χ4n) is 3.12.